The molecule has 0 radical (unpaired) electrons. The molecule has 0 saturated carbocycles. The Morgan fingerprint density at radius 2 is 2.38 bits per heavy atom. The van der Waals surface area contributed by atoms with E-state index in [-0.39, 0.29) is 11.8 Å². The summed E-state index contributed by atoms with van der Waals surface area (Å²) >= 11 is 0. The van der Waals surface area contributed by atoms with Crippen LogP contribution in [0.25, 0.3) is 0 Å². The van der Waals surface area contributed by atoms with E-state index in [0.717, 1.165) is 0 Å². The first-order valence-corrected chi connectivity index (χ1v) is 5.43. The van der Waals surface area contributed by atoms with Crippen molar-refractivity contribution in [2.45, 2.75) is 25.3 Å². The SMILES string of the molecule is C=CCC[C@H](NC(=O)[C@H]1CCOC1)C(N)=O. The summed E-state index contributed by atoms with van der Waals surface area (Å²) in [6.07, 6.45) is 3.55. The van der Waals surface area contributed by atoms with Crippen molar-refractivity contribution in [2.24, 2.45) is 11.7 Å². The fraction of sp³-hybridized carbons (Fsp3) is 0.636. The Bertz CT molecular complexity index is 272. The topological polar surface area (TPSA) is 81.4 Å². The normalized spacial score (nSPS) is 21.4. The Morgan fingerprint density at radius 3 is 2.88 bits per heavy atom. The zero-order chi connectivity index (χ0) is 12.0. The minimum Gasteiger partial charge on any atom is -0.381 e. The van der Waals surface area contributed by atoms with Crippen LogP contribution in [0.5, 0.6) is 0 Å². The quantitative estimate of drug-likeness (QED) is 0.623. The Kier molecular flexibility index (Phi) is 4.98. The van der Waals surface area contributed by atoms with Gasteiger partial charge in [0.05, 0.1) is 12.5 Å². The second-order valence-corrected chi connectivity index (χ2v) is 3.89. The average molecular weight is 226 g/mol. The molecule has 1 aliphatic rings. The van der Waals surface area contributed by atoms with Gasteiger partial charge in [-0.3, -0.25) is 9.59 Å². The second-order valence-electron chi connectivity index (χ2n) is 3.89. The van der Waals surface area contributed by atoms with Gasteiger partial charge in [-0.2, -0.15) is 0 Å². The highest BCUT2D eigenvalue weighted by Gasteiger charge is 2.26. The number of primary amides is 1. The summed E-state index contributed by atoms with van der Waals surface area (Å²) < 4.78 is 5.11. The highest BCUT2D eigenvalue weighted by Crippen LogP contribution is 2.12. The van der Waals surface area contributed by atoms with E-state index in [9.17, 15) is 9.59 Å². The molecule has 2 atom stereocenters. The lowest BCUT2D eigenvalue weighted by Gasteiger charge is -2.16. The average Bonchev–Trinajstić information content (AvgIpc) is 2.76. The molecule has 1 heterocycles. The molecule has 16 heavy (non-hydrogen) atoms. The predicted molar refractivity (Wildman–Crippen MR) is 59.5 cm³/mol. The summed E-state index contributed by atoms with van der Waals surface area (Å²) in [5.41, 5.74) is 5.21. The predicted octanol–water partition coefficient (Wildman–Crippen LogP) is -0.0408. The Hall–Kier alpha value is -1.36. The van der Waals surface area contributed by atoms with Crippen LogP contribution < -0.4 is 11.1 Å². The molecular weight excluding hydrogens is 208 g/mol. The van der Waals surface area contributed by atoms with Crippen molar-refractivity contribution >= 4 is 11.8 Å². The highest BCUT2D eigenvalue weighted by atomic mass is 16.5. The fourth-order valence-corrected chi connectivity index (χ4v) is 1.60. The summed E-state index contributed by atoms with van der Waals surface area (Å²) in [4.78, 5) is 22.8. The number of amides is 2. The smallest absolute Gasteiger partial charge is 0.240 e. The van der Waals surface area contributed by atoms with Crippen LogP contribution in [0.1, 0.15) is 19.3 Å². The number of nitrogens with two attached hydrogens (primary N) is 1. The lowest BCUT2D eigenvalue weighted by atomic mass is 10.1. The molecular formula is C11H18N2O3. The van der Waals surface area contributed by atoms with Crippen LogP contribution in [-0.4, -0.2) is 31.1 Å². The molecule has 1 fully saturated rings. The summed E-state index contributed by atoms with van der Waals surface area (Å²) in [6, 6.07) is -0.605. The summed E-state index contributed by atoms with van der Waals surface area (Å²) in [5.74, 6) is -0.801. The van der Waals surface area contributed by atoms with E-state index in [1.54, 1.807) is 6.08 Å². The number of rotatable bonds is 6. The monoisotopic (exact) mass is 226 g/mol. The van der Waals surface area contributed by atoms with Gasteiger partial charge < -0.3 is 15.8 Å². The number of nitrogens with one attached hydrogen (secondary N) is 1. The molecule has 0 aromatic heterocycles. The van der Waals surface area contributed by atoms with E-state index in [4.69, 9.17) is 10.5 Å². The first-order chi connectivity index (χ1) is 7.65. The van der Waals surface area contributed by atoms with Crippen molar-refractivity contribution in [3.05, 3.63) is 12.7 Å². The van der Waals surface area contributed by atoms with Gasteiger partial charge in [0.1, 0.15) is 6.04 Å². The maximum Gasteiger partial charge on any atom is 0.240 e. The minimum atomic E-state index is -0.605. The van der Waals surface area contributed by atoms with Crippen LogP contribution in [0.2, 0.25) is 0 Å². The molecule has 0 aliphatic carbocycles. The number of carbonyl (C=O) groups excluding carboxylic acids is 2. The number of hydrogen-bond donors (Lipinski definition) is 2. The Balaban J connectivity index is 2.43. The first kappa shape index (κ1) is 12.7. The lowest BCUT2D eigenvalue weighted by Crippen LogP contribution is -2.46. The van der Waals surface area contributed by atoms with Gasteiger partial charge in [0, 0.05) is 6.61 Å². The van der Waals surface area contributed by atoms with Crippen LogP contribution >= 0.6 is 0 Å². The number of allylic oxidation sites excluding steroid dienone is 1. The van der Waals surface area contributed by atoms with Gasteiger partial charge in [0.15, 0.2) is 0 Å². The third-order valence-corrected chi connectivity index (χ3v) is 2.62. The van der Waals surface area contributed by atoms with E-state index < -0.39 is 11.9 Å². The first-order valence-electron chi connectivity index (χ1n) is 5.43. The number of hydrogen-bond acceptors (Lipinski definition) is 3. The van der Waals surface area contributed by atoms with Crippen LogP contribution in [0.3, 0.4) is 0 Å². The van der Waals surface area contributed by atoms with Crippen LogP contribution in [-0.2, 0) is 14.3 Å². The van der Waals surface area contributed by atoms with Gasteiger partial charge in [-0.05, 0) is 19.3 Å². The molecule has 0 bridgehead atoms. The minimum absolute atomic E-state index is 0.148. The summed E-state index contributed by atoms with van der Waals surface area (Å²) in [6.45, 7) is 4.60. The molecule has 1 rings (SSSR count). The zero-order valence-electron chi connectivity index (χ0n) is 9.28. The van der Waals surface area contributed by atoms with Crippen molar-refractivity contribution in [1.82, 2.24) is 5.32 Å². The van der Waals surface area contributed by atoms with Crippen molar-refractivity contribution < 1.29 is 14.3 Å². The van der Waals surface area contributed by atoms with Crippen molar-refractivity contribution in [2.75, 3.05) is 13.2 Å². The van der Waals surface area contributed by atoms with Crippen LogP contribution in [0.15, 0.2) is 12.7 Å². The van der Waals surface area contributed by atoms with Gasteiger partial charge in [-0.1, -0.05) is 6.08 Å². The van der Waals surface area contributed by atoms with Crippen LogP contribution in [0, 0.1) is 5.92 Å². The molecule has 1 aliphatic heterocycles. The maximum atomic E-state index is 11.7. The Labute approximate surface area is 95.0 Å². The van der Waals surface area contributed by atoms with E-state index in [0.29, 0.717) is 32.5 Å². The van der Waals surface area contributed by atoms with Crippen molar-refractivity contribution in [1.29, 1.82) is 0 Å². The molecule has 5 heteroatoms. The van der Waals surface area contributed by atoms with E-state index >= 15 is 0 Å². The van der Waals surface area contributed by atoms with Crippen molar-refractivity contribution in [3.8, 4) is 0 Å². The third kappa shape index (κ3) is 3.66. The maximum absolute atomic E-state index is 11.7. The van der Waals surface area contributed by atoms with Crippen LogP contribution in [0.4, 0.5) is 0 Å². The van der Waals surface area contributed by atoms with Gasteiger partial charge in [-0.15, -0.1) is 6.58 Å². The highest BCUT2D eigenvalue weighted by molar-refractivity contribution is 5.87. The van der Waals surface area contributed by atoms with Gasteiger partial charge in [0.25, 0.3) is 0 Å². The third-order valence-electron chi connectivity index (χ3n) is 2.62. The summed E-state index contributed by atoms with van der Waals surface area (Å²) in [5, 5.41) is 2.65. The van der Waals surface area contributed by atoms with Gasteiger partial charge in [0.2, 0.25) is 11.8 Å². The lowest BCUT2D eigenvalue weighted by molar-refractivity contribution is -0.130. The fourth-order valence-electron chi connectivity index (χ4n) is 1.60. The van der Waals surface area contributed by atoms with E-state index in [2.05, 4.69) is 11.9 Å². The largest absolute Gasteiger partial charge is 0.381 e. The van der Waals surface area contributed by atoms with Gasteiger partial charge >= 0.3 is 0 Å². The molecule has 0 unspecified atom stereocenters. The molecule has 90 valence electrons. The molecule has 3 N–H and O–H groups in total. The molecule has 5 nitrogen and oxygen atoms in total. The second kappa shape index (κ2) is 6.27. The molecule has 2 amide bonds. The summed E-state index contributed by atoms with van der Waals surface area (Å²) in [7, 11) is 0. The zero-order valence-corrected chi connectivity index (χ0v) is 9.28. The molecule has 0 aromatic rings. The number of ether oxygens (including phenoxy) is 1. The van der Waals surface area contributed by atoms with Gasteiger partial charge in [-0.25, -0.2) is 0 Å². The standard InChI is InChI=1S/C11H18N2O3/c1-2-3-4-9(10(12)14)13-11(15)8-5-6-16-7-8/h2,8-9H,1,3-7H2,(H2,12,14)(H,13,15)/t8-,9-/m0/s1. The Morgan fingerprint density at radius 1 is 1.62 bits per heavy atom. The van der Waals surface area contributed by atoms with E-state index in [1.165, 1.54) is 0 Å². The molecule has 0 aromatic carbocycles. The van der Waals surface area contributed by atoms with E-state index in [1.807, 2.05) is 0 Å². The van der Waals surface area contributed by atoms with Crippen molar-refractivity contribution in [3.63, 3.8) is 0 Å². The number of carbonyl (C=O) groups is 2. The molecule has 0 spiro atoms. The molecule has 1 saturated heterocycles.